The summed E-state index contributed by atoms with van der Waals surface area (Å²) in [6.07, 6.45) is 0.264. The van der Waals surface area contributed by atoms with Crippen molar-refractivity contribution in [3.63, 3.8) is 0 Å². The van der Waals surface area contributed by atoms with E-state index >= 15 is 0 Å². The molecule has 0 unspecified atom stereocenters. The molecule has 0 spiro atoms. The van der Waals surface area contributed by atoms with Gasteiger partial charge in [0, 0.05) is 37.2 Å². The predicted octanol–water partition coefficient (Wildman–Crippen LogP) is 4.26. The van der Waals surface area contributed by atoms with E-state index in [1.807, 2.05) is 35.2 Å². The van der Waals surface area contributed by atoms with Gasteiger partial charge in [0.25, 0.3) is 9.84 Å². The Morgan fingerprint density at radius 3 is 2.39 bits per heavy atom. The molecule has 3 heterocycles. The third-order valence-corrected chi connectivity index (χ3v) is 10.2. The van der Waals surface area contributed by atoms with E-state index < -0.39 is 26.8 Å². The molecule has 0 bridgehead atoms. The molecule has 5 aromatic rings. The van der Waals surface area contributed by atoms with E-state index in [0.717, 1.165) is 17.3 Å². The second-order valence-corrected chi connectivity index (χ2v) is 13.6. The Labute approximate surface area is 285 Å². The maximum absolute atomic E-state index is 13.2. The van der Waals surface area contributed by atoms with Crippen LogP contribution < -0.4 is 24.6 Å². The van der Waals surface area contributed by atoms with Gasteiger partial charge in [0.1, 0.15) is 23.5 Å². The van der Waals surface area contributed by atoms with Crippen molar-refractivity contribution < 1.29 is 32.2 Å². The molecule has 250 valence electrons. The zero-order valence-corrected chi connectivity index (χ0v) is 27.7. The number of hydrogen-bond acceptors (Lipinski definition) is 13. The first-order valence-electron chi connectivity index (χ1n) is 15.0. The van der Waals surface area contributed by atoms with Crippen molar-refractivity contribution in [3.05, 3.63) is 95.7 Å². The molecule has 0 aliphatic carbocycles. The number of piperidine rings is 1. The van der Waals surface area contributed by atoms with Gasteiger partial charge < -0.3 is 24.9 Å². The van der Waals surface area contributed by atoms with Crippen LogP contribution in [0.5, 0.6) is 11.6 Å². The monoisotopic (exact) mass is 699 g/mol. The number of benzene rings is 3. The number of rotatable bonds is 11. The van der Waals surface area contributed by atoms with Gasteiger partial charge in [-0.25, -0.2) is 18.4 Å². The number of anilines is 2. The fraction of sp³-hybridized carbons (Fsp3) is 0.212. The molecule has 1 saturated heterocycles. The van der Waals surface area contributed by atoms with E-state index in [0.29, 0.717) is 54.0 Å². The average molecular weight is 700 g/mol. The van der Waals surface area contributed by atoms with E-state index in [2.05, 4.69) is 26.2 Å². The van der Waals surface area contributed by atoms with E-state index in [4.69, 9.17) is 14.5 Å². The quantitative estimate of drug-likeness (QED) is 0.117. The highest BCUT2D eigenvalue weighted by Crippen LogP contribution is 2.33. The molecular weight excluding hydrogens is 671 g/mol. The molecule has 16 heteroatoms. The molecular formula is C33H29N7O7S2. The normalized spacial score (nSPS) is 13.4. The molecule has 1 amide bonds. The number of nitrogens with zero attached hydrogens (tertiary/aromatic N) is 6. The summed E-state index contributed by atoms with van der Waals surface area (Å²) in [7, 11) is -2.70. The van der Waals surface area contributed by atoms with E-state index in [-0.39, 0.29) is 27.0 Å². The zero-order chi connectivity index (χ0) is 34.4. The van der Waals surface area contributed by atoms with Gasteiger partial charge in [-0.3, -0.25) is 9.42 Å². The highest BCUT2D eigenvalue weighted by atomic mass is 32.2. The van der Waals surface area contributed by atoms with Crippen molar-refractivity contribution in [2.45, 2.75) is 34.0 Å². The van der Waals surface area contributed by atoms with Gasteiger partial charge in [-0.15, -0.1) is 0 Å². The lowest BCUT2D eigenvalue weighted by Gasteiger charge is -2.32. The van der Waals surface area contributed by atoms with E-state index in [1.165, 1.54) is 12.1 Å². The first-order chi connectivity index (χ1) is 23.8. The van der Waals surface area contributed by atoms with Crippen molar-refractivity contribution >= 4 is 39.0 Å². The van der Waals surface area contributed by atoms with Crippen LogP contribution in [0.1, 0.15) is 18.4 Å². The van der Waals surface area contributed by atoms with Crippen LogP contribution in [0, 0.1) is 16.5 Å². The van der Waals surface area contributed by atoms with Crippen LogP contribution in [0.25, 0.3) is 11.3 Å². The number of amides is 1. The Bertz CT molecular complexity index is 2080. The minimum absolute atomic E-state index is 0.0210. The maximum atomic E-state index is 13.2. The molecule has 49 heavy (non-hydrogen) atoms. The van der Waals surface area contributed by atoms with Crippen molar-refractivity contribution in [1.82, 2.24) is 15.1 Å². The molecule has 1 fully saturated rings. The highest BCUT2D eigenvalue weighted by Gasteiger charge is 2.38. The molecule has 0 saturated carbocycles. The van der Waals surface area contributed by atoms with Crippen molar-refractivity contribution in [1.29, 1.82) is 5.26 Å². The third kappa shape index (κ3) is 7.42. The summed E-state index contributed by atoms with van der Waals surface area (Å²) in [5.41, 5.74) is 2.04. The first-order valence-corrected chi connectivity index (χ1v) is 17.5. The molecule has 0 atom stereocenters. The Morgan fingerprint density at radius 2 is 1.73 bits per heavy atom. The summed E-state index contributed by atoms with van der Waals surface area (Å²) in [6, 6.07) is 25.9. The number of carbonyl (C=O) groups excluding carboxylic acids is 1. The fourth-order valence-corrected chi connectivity index (χ4v) is 7.12. The van der Waals surface area contributed by atoms with Gasteiger partial charge in [-0.1, -0.05) is 60.3 Å². The fourth-order valence-electron chi connectivity index (χ4n) is 5.20. The largest absolute Gasteiger partial charge is 0.497 e. The number of nitrogens with one attached hydrogen (secondary N) is 1. The molecule has 1 N–H and O–H groups in total. The minimum atomic E-state index is -4.27. The van der Waals surface area contributed by atoms with Crippen LogP contribution in [-0.2, 0) is 14.6 Å². The number of thioether (sulfide) groups is 1. The Morgan fingerprint density at radius 1 is 1.06 bits per heavy atom. The molecule has 2 aromatic heterocycles. The van der Waals surface area contributed by atoms with E-state index in [1.54, 1.807) is 49.6 Å². The number of ether oxygens (including phenoxy) is 2. The summed E-state index contributed by atoms with van der Waals surface area (Å²) >= 11 is 1.14. The lowest BCUT2D eigenvalue weighted by Crippen LogP contribution is -2.39. The van der Waals surface area contributed by atoms with Crippen molar-refractivity contribution in [2.75, 3.05) is 36.2 Å². The maximum Gasteiger partial charge on any atom is 0.415 e. The van der Waals surface area contributed by atoms with Gasteiger partial charge in [-0.05, 0) is 41.3 Å². The highest BCUT2D eigenvalue weighted by molar-refractivity contribution is 7.99. The summed E-state index contributed by atoms with van der Waals surface area (Å²) < 4.78 is 42.1. The molecule has 1 aliphatic heterocycles. The number of sulfone groups is 1. The van der Waals surface area contributed by atoms with Gasteiger partial charge >= 0.3 is 10.9 Å². The van der Waals surface area contributed by atoms with E-state index in [9.17, 15) is 23.7 Å². The number of nitriles is 1. The molecule has 14 nitrogen and oxygen atoms in total. The number of methoxy groups -OCH3 is 1. The number of hydrogen-bond donors (Lipinski definition) is 1. The third-order valence-electron chi connectivity index (χ3n) is 7.61. The van der Waals surface area contributed by atoms with Gasteiger partial charge in [-0.2, -0.15) is 5.26 Å². The zero-order valence-electron chi connectivity index (χ0n) is 26.1. The molecule has 6 rings (SSSR count). The second kappa shape index (κ2) is 14.6. The summed E-state index contributed by atoms with van der Waals surface area (Å²) in [5.74, 6) is 0.413. The van der Waals surface area contributed by atoms with Crippen LogP contribution >= 0.6 is 11.8 Å². The van der Waals surface area contributed by atoms with Crippen molar-refractivity contribution in [3.8, 4) is 29.0 Å². The van der Waals surface area contributed by atoms with Gasteiger partial charge in [0.2, 0.25) is 5.91 Å². The Kier molecular flexibility index (Phi) is 9.92. The lowest BCUT2D eigenvalue weighted by atomic mass is 10.0. The SMILES string of the molecule is COc1ccc(NC(=O)CSc2nc(-c3ccccc3)c(C#N)c(N3CCC(Oc4no[n+]([O-])c4S(=O)(=O)c4ccccc4)CC3)n2)cc1. The van der Waals surface area contributed by atoms with Gasteiger partial charge in [0.05, 0.1) is 28.6 Å². The molecule has 1 aliphatic rings. The van der Waals surface area contributed by atoms with Crippen LogP contribution in [0.15, 0.2) is 105 Å². The molecule has 3 aromatic carbocycles. The van der Waals surface area contributed by atoms with Crippen LogP contribution in [0.4, 0.5) is 11.5 Å². The lowest BCUT2D eigenvalue weighted by molar-refractivity contribution is -0.832. The first kappa shape index (κ1) is 33.2. The Balaban J connectivity index is 1.20. The van der Waals surface area contributed by atoms with Crippen molar-refractivity contribution in [2.24, 2.45) is 0 Å². The number of carbonyl (C=O) groups is 1. The van der Waals surface area contributed by atoms with Crippen LogP contribution in [0.3, 0.4) is 0 Å². The smallest absolute Gasteiger partial charge is 0.415 e. The Hall–Kier alpha value is -5.66. The second-order valence-electron chi connectivity index (χ2n) is 10.8. The summed E-state index contributed by atoms with van der Waals surface area (Å²) in [6.45, 7) is 0.755. The van der Waals surface area contributed by atoms with Crippen LogP contribution in [0.2, 0.25) is 0 Å². The van der Waals surface area contributed by atoms with Gasteiger partial charge in [0.15, 0.2) is 11.0 Å². The predicted molar refractivity (Wildman–Crippen MR) is 178 cm³/mol. The standard InChI is InChI=1S/C33H29N7O7S2/c1-45-24-14-12-23(13-15-24)35-28(41)21-48-33-36-29(22-8-4-2-5-9-22)27(20-34)30(37-33)39-18-16-25(17-19-39)46-31-32(40(42)47-38-31)49(43,44)26-10-6-3-7-11-26/h2-15,25H,16-19,21H2,1H3,(H,35,41). The summed E-state index contributed by atoms with van der Waals surface area (Å²) in [4.78, 5) is 23.8. The minimum Gasteiger partial charge on any atom is -0.497 e. The van der Waals surface area contributed by atoms with Crippen LogP contribution in [-0.4, -0.2) is 61.5 Å². The topological polar surface area (TPSA) is 187 Å². The summed E-state index contributed by atoms with van der Waals surface area (Å²) in [5, 5.41) is 28.6. The number of aromatic nitrogens is 4. The molecule has 0 radical (unpaired) electrons. The average Bonchev–Trinajstić information content (AvgIpc) is 3.51.